The molecular formula is C26H30F2N4O4. The highest BCUT2D eigenvalue weighted by Gasteiger charge is 2.36. The fourth-order valence-electron chi connectivity index (χ4n) is 3.74. The maximum atomic E-state index is 13.8. The van der Waals surface area contributed by atoms with Gasteiger partial charge in [0.2, 0.25) is 0 Å². The summed E-state index contributed by atoms with van der Waals surface area (Å²) in [6.07, 6.45) is 0.716. The van der Waals surface area contributed by atoms with E-state index in [-0.39, 0.29) is 24.2 Å². The number of ether oxygens (including phenoxy) is 1. The zero-order chi connectivity index (χ0) is 26.4. The summed E-state index contributed by atoms with van der Waals surface area (Å²) in [5.74, 6) is -2.00. The highest BCUT2D eigenvalue weighted by Crippen LogP contribution is 2.32. The van der Waals surface area contributed by atoms with Crippen LogP contribution in [-0.4, -0.2) is 36.1 Å². The average Bonchev–Trinajstić information content (AvgIpc) is 2.82. The van der Waals surface area contributed by atoms with Gasteiger partial charge in [-0.2, -0.15) is 0 Å². The number of anilines is 2. The number of urea groups is 2. The number of hydrogen-bond donors (Lipinski definition) is 3. The molecule has 0 aromatic heterocycles. The summed E-state index contributed by atoms with van der Waals surface area (Å²) in [5, 5.41) is 7.75. The Morgan fingerprint density at radius 1 is 1.11 bits per heavy atom. The Labute approximate surface area is 208 Å². The third-order valence-corrected chi connectivity index (χ3v) is 5.49. The molecule has 36 heavy (non-hydrogen) atoms. The van der Waals surface area contributed by atoms with Gasteiger partial charge >= 0.3 is 18.0 Å². The van der Waals surface area contributed by atoms with Gasteiger partial charge in [0.1, 0.15) is 11.6 Å². The van der Waals surface area contributed by atoms with E-state index in [2.05, 4.69) is 16.0 Å². The zero-order valence-corrected chi connectivity index (χ0v) is 20.7. The Morgan fingerprint density at radius 2 is 1.81 bits per heavy atom. The first-order chi connectivity index (χ1) is 17.1. The van der Waals surface area contributed by atoms with Crippen molar-refractivity contribution in [2.75, 3.05) is 23.8 Å². The molecule has 2 aromatic rings. The molecule has 1 heterocycles. The van der Waals surface area contributed by atoms with E-state index in [0.29, 0.717) is 41.6 Å². The molecule has 3 N–H and O–H groups in total. The van der Waals surface area contributed by atoms with Gasteiger partial charge in [0.15, 0.2) is 0 Å². The largest absolute Gasteiger partial charge is 0.462 e. The number of allylic oxidation sites excluding steroid dienone is 1. The van der Waals surface area contributed by atoms with E-state index in [1.54, 1.807) is 31.2 Å². The van der Waals surface area contributed by atoms with Crippen LogP contribution in [0.1, 0.15) is 45.7 Å². The molecule has 8 nitrogen and oxygen atoms in total. The summed E-state index contributed by atoms with van der Waals surface area (Å²) in [6, 6.07) is 7.56. The normalized spacial score (nSPS) is 15.6. The van der Waals surface area contributed by atoms with Crippen LogP contribution in [0.25, 0.3) is 0 Å². The Bertz CT molecular complexity index is 1170. The van der Waals surface area contributed by atoms with Gasteiger partial charge in [-0.05, 0) is 49.1 Å². The van der Waals surface area contributed by atoms with Crippen molar-refractivity contribution >= 4 is 29.4 Å². The topological polar surface area (TPSA) is 99.8 Å². The number of benzene rings is 2. The van der Waals surface area contributed by atoms with Gasteiger partial charge in [-0.15, -0.1) is 0 Å². The van der Waals surface area contributed by atoms with Crippen molar-refractivity contribution in [3.05, 3.63) is 70.9 Å². The van der Waals surface area contributed by atoms with Crippen molar-refractivity contribution in [2.24, 2.45) is 5.92 Å². The second kappa shape index (κ2) is 11.7. The molecule has 0 fully saturated rings. The number of carbonyl (C=O) groups excluding carboxylic acids is 3. The number of nitrogens with one attached hydrogen (secondary N) is 3. The molecular weight excluding hydrogens is 470 g/mol. The van der Waals surface area contributed by atoms with Crippen molar-refractivity contribution in [2.45, 2.75) is 40.2 Å². The summed E-state index contributed by atoms with van der Waals surface area (Å²) in [5.41, 5.74) is 1.71. The molecule has 1 atom stereocenters. The van der Waals surface area contributed by atoms with Crippen LogP contribution in [0.15, 0.2) is 53.7 Å². The summed E-state index contributed by atoms with van der Waals surface area (Å²) in [6.45, 7) is 8.24. The lowest BCUT2D eigenvalue weighted by molar-refractivity contribution is -0.140. The summed E-state index contributed by atoms with van der Waals surface area (Å²) < 4.78 is 32.3. The van der Waals surface area contributed by atoms with E-state index in [4.69, 9.17) is 4.74 Å². The van der Waals surface area contributed by atoms with Gasteiger partial charge in [0.05, 0.1) is 23.9 Å². The van der Waals surface area contributed by atoms with Gasteiger partial charge in [-0.25, -0.2) is 23.2 Å². The zero-order valence-electron chi connectivity index (χ0n) is 20.7. The predicted octanol–water partition coefficient (Wildman–Crippen LogP) is 5.56. The maximum Gasteiger partial charge on any atom is 0.338 e. The number of halogens is 2. The number of esters is 1. The maximum absolute atomic E-state index is 13.8. The molecule has 1 aliphatic rings. The second-order valence-corrected chi connectivity index (χ2v) is 8.85. The molecule has 192 valence electrons. The smallest absolute Gasteiger partial charge is 0.338 e. The Kier molecular flexibility index (Phi) is 8.63. The number of nitrogens with zero attached hydrogens (tertiary/aromatic N) is 1. The van der Waals surface area contributed by atoms with E-state index in [1.807, 2.05) is 20.8 Å². The molecule has 0 spiro atoms. The van der Waals surface area contributed by atoms with E-state index in [1.165, 1.54) is 4.90 Å². The molecule has 1 aliphatic heterocycles. The van der Waals surface area contributed by atoms with E-state index in [9.17, 15) is 23.2 Å². The van der Waals surface area contributed by atoms with Gasteiger partial charge in [0.25, 0.3) is 0 Å². The van der Waals surface area contributed by atoms with E-state index < -0.39 is 29.7 Å². The van der Waals surface area contributed by atoms with E-state index in [0.717, 1.165) is 12.1 Å². The number of hydrogen-bond acceptors (Lipinski definition) is 4. The minimum Gasteiger partial charge on any atom is -0.462 e. The molecule has 2 aromatic carbocycles. The fourth-order valence-corrected chi connectivity index (χ4v) is 3.74. The number of rotatable bonds is 8. The van der Waals surface area contributed by atoms with Gasteiger partial charge < -0.3 is 20.7 Å². The predicted molar refractivity (Wildman–Crippen MR) is 132 cm³/mol. The van der Waals surface area contributed by atoms with Crippen LogP contribution in [-0.2, 0) is 9.53 Å². The van der Waals surface area contributed by atoms with Crippen LogP contribution in [0.2, 0.25) is 0 Å². The Morgan fingerprint density at radius 3 is 2.42 bits per heavy atom. The Hall–Kier alpha value is -3.95. The fraction of sp³-hybridized carbons (Fsp3) is 0.346. The highest BCUT2D eigenvalue weighted by atomic mass is 19.1. The first-order valence-electron chi connectivity index (χ1n) is 11.7. The molecule has 0 bridgehead atoms. The molecule has 0 saturated carbocycles. The van der Waals surface area contributed by atoms with Crippen molar-refractivity contribution in [1.82, 2.24) is 10.2 Å². The van der Waals surface area contributed by atoms with Crippen molar-refractivity contribution in [1.29, 1.82) is 0 Å². The number of carbonyl (C=O) groups is 3. The molecule has 1 unspecified atom stereocenters. The monoisotopic (exact) mass is 500 g/mol. The minimum atomic E-state index is -0.898. The molecule has 3 rings (SSSR count). The van der Waals surface area contributed by atoms with Gasteiger partial charge in [-0.1, -0.05) is 32.9 Å². The van der Waals surface area contributed by atoms with Crippen LogP contribution in [0.3, 0.4) is 0 Å². The first kappa shape index (κ1) is 26.7. The van der Waals surface area contributed by atoms with E-state index >= 15 is 0 Å². The molecule has 4 amide bonds. The van der Waals surface area contributed by atoms with Crippen LogP contribution in [0.4, 0.5) is 29.7 Å². The van der Waals surface area contributed by atoms with Crippen LogP contribution < -0.4 is 16.0 Å². The third-order valence-electron chi connectivity index (χ3n) is 5.49. The number of amides is 4. The SMILES string of the molecule is CCCN1C(=O)NC(c2ccc(NC(=O)Nc3ccc(F)cc3F)cc2)C(C(=O)OCC(C)C)=C1C. The molecule has 0 saturated heterocycles. The van der Waals surface area contributed by atoms with Crippen molar-refractivity contribution in [3.63, 3.8) is 0 Å². The van der Waals surface area contributed by atoms with Crippen molar-refractivity contribution < 1.29 is 27.9 Å². The van der Waals surface area contributed by atoms with Crippen LogP contribution in [0.5, 0.6) is 0 Å². The summed E-state index contributed by atoms with van der Waals surface area (Å²) in [7, 11) is 0. The van der Waals surface area contributed by atoms with Gasteiger partial charge in [-0.3, -0.25) is 4.90 Å². The van der Waals surface area contributed by atoms with Crippen LogP contribution >= 0.6 is 0 Å². The first-order valence-corrected chi connectivity index (χ1v) is 11.7. The summed E-state index contributed by atoms with van der Waals surface area (Å²) >= 11 is 0. The van der Waals surface area contributed by atoms with Crippen LogP contribution in [0, 0.1) is 17.6 Å². The lowest BCUT2D eigenvalue weighted by atomic mass is 9.94. The summed E-state index contributed by atoms with van der Waals surface area (Å²) in [4.78, 5) is 39.5. The molecule has 0 radical (unpaired) electrons. The van der Waals surface area contributed by atoms with Crippen molar-refractivity contribution in [3.8, 4) is 0 Å². The quantitative estimate of drug-likeness (QED) is 0.413. The molecule has 0 aliphatic carbocycles. The minimum absolute atomic E-state index is 0.151. The standard InChI is InChI=1S/C26H30F2N4O4/c1-5-12-32-16(4)22(24(33)36-14-15(2)3)23(31-26(32)35)17-6-9-19(10-7-17)29-25(34)30-21-11-8-18(27)13-20(21)28/h6-11,13,15,23H,5,12,14H2,1-4H3,(H,31,35)(H2,29,30,34). The second-order valence-electron chi connectivity index (χ2n) is 8.85. The average molecular weight is 501 g/mol. The lowest BCUT2D eigenvalue weighted by Crippen LogP contribution is -2.48. The lowest BCUT2D eigenvalue weighted by Gasteiger charge is -2.35. The highest BCUT2D eigenvalue weighted by molar-refractivity contribution is 6.00. The molecule has 10 heteroatoms. The van der Waals surface area contributed by atoms with Gasteiger partial charge in [0, 0.05) is 24.0 Å². The third kappa shape index (κ3) is 6.38. The Balaban J connectivity index is 1.80.